The molecule has 0 spiro atoms. The predicted molar refractivity (Wildman–Crippen MR) is 70.9 cm³/mol. The lowest BCUT2D eigenvalue weighted by Gasteiger charge is -2.10. The first-order chi connectivity index (χ1) is 9.54. The Bertz CT molecular complexity index is 660. The van der Waals surface area contributed by atoms with Gasteiger partial charge in [0.2, 0.25) is 11.5 Å². The highest BCUT2D eigenvalue weighted by molar-refractivity contribution is 5.57. The Labute approximate surface area is 114 Å². The number of aryl methyl sites for hydroxylation is 1. The molecule has 0 aliphatic heterocycles. The van der Waals surface area contributed by atoms with Crippen LogP contribution in [0.2, 0.25) is 0 Å². The Morgan fingerprint density at radius 2 is 2.10 bits per heavy atom. The van der Waals surface area contributed by atoms with Crippen LogP contribution in [0.3, 0.4) is 0 Å². The number of methoxy groups -OCH3 is 1. The van der Waals surface area contributed by atoms with E-state index in [0.717, 1.165) is 0 Å². The number of nitrogen functional groups attached to an aromatic ring is 1. The topological polar surface area (TPSA) is 113 Å². The molecule has 0 amide bonds. The van der Waals surface area contributed by atoms with Crippen molar-refractivity contribution in [1.29, 1.82) is 0 Å². The summed E-state index contributed by atoms with van der Waals surface area (Å²) in [6.07, 6.45) is 1.19. The summed E-state index contributed by atoms with van der Waals surface area (Å²) in [5.41, 5.74) is 5.97. The minimum atomic E-state index is -0.512. The van der Waals surface area contributed by atoms with Crippen LogP contribution in [-0.4, -0.2) is 22.0 Å². The number of nitro groups is 1. The molecule has 8 nitrogen and oxygen atoms in total. The van der Waals surface area contributed by atoms with Crippen molar-refractivity contribution >= 4 is 11.5 Å². The van der Waals surface area contributed by atoms with Crippen molar-refractivity contribution in [3.63, 3.8) is 0 Å². The molecule has 2 N–H and O–H groups in total. The fourth-order valence-electron chi connectivity index (χ4n) is 1.69. The van der Waals surface area contributed by atoms with E-state index in [9.17, 15) is 10.1 Å². The third-order valence-corrected chi connectivity index (χ3v) is 2.59. The molecule has 0 radical (unpaired) electrons. The molecule has 1 aromatic heterocycles. The summed E-state index contributed by atoms with van der Waals surface area (Å²) < 4.78 is 10.5. The Hall–Kier alpha value is -2.90. The molecule has 8 heteroatoms. The first-order valence-corrected chi connectivity index (χ1v) is 5.61. The summed E-state index contributed by atoms with van der Waals surface area (Å²) in [7, 11) is 1.38. The Balaban J connectivity index is 2.48. The molecule has 20 heavy (non-hydrogen) atoms. The Morgan fingerprint density at radius 1 is 1.35 bits per heavy atom. The quantitative estimate of drug-likeness (QED) is 0.671. The molecule has 0 aliphatic rings. The average Bonchev–Trinajstić information content (AvgIpc) is 2.38. The lowest BCUT2D eigenvalue weighted by Crippen LogP contribution is -2.02. The predicted octanol–water partition coefficient (Wildman–Crippen LogP) is 2.08. The maximum Gasteiger partial charge on any atom is 0.314 e. The van der Waals surface area contributed by atoms with Gasteiger partial charge in [0, 0.05) is 5.56 Å². The molecule has 0 unspecified atom stereocenters. The van der Waals surface area contributed by atoms with E-state index in [1.807, 2.05) is 0 Å². The SMILES string of the molecule is COc1c(N)ncnc1Oc1cccc(C)c1[N+](=O)[O-]. The molecule has 1 heterocycles. The molecule has 104 valence electrons. The van der Waals surface area contributed by atoms with Crippen LogP contribution in [-0.2, 0) is 0 Å². The van der Waals surface area contributed by atoms with Gasteiger partial charge in [0.25, 0.3) is 5.88 Å². The van der Waals surface area contributed by atoms with E-state index in [0.29, 0.717) is 5.56 Å². The summed E-state index contributed by atoms with van der Waals surface area (Å²) >= 11 is 0. The summed E-state index contributed by atoms with van der Waals surface area (Å²) in [6, 6.07) is 4.74. The fourth-order valence-corrected chi connectivity index (χ4v) is 1.69. The number of anilines is 1. The molecule has 1 aromatic carbocycles. The van der Waals surface area contributed by atoms with E-state index in [1.54, 1.807) is 19.1 Å². The number of nitrogens with zero attached hydrogens (tertiary/aromatic N) is 3. The van der Waals surface area contributed by atoms with Crippen LogP contribution >= 0.6 is 0 Å². The first kappa shape index (κ1) is 13.5. The molecule has 2 aromatic rings. The van der Waals surface area contributed by atoms with Gasteiger partial charge in [0.1, 0.15) is 6.33 Å². The zero-order valence-electron chi connectivity index (χ0n) is 10.9. The molecule has 0 bridgehead atoms. The average molecular weight is 276 g/mol. The van der Waals surface area contributed by atoms with Gasteiger partial charge in [-0.2, -0.15) is 4.98 Å². The largest absolute Gasteiger partial charge is 0.489 e. The van der Waals surface area contributed by atoms with Gasteiger partial charge in [-0.25, -0.2) is 4.98 Å². The van der Waals surface area contributed by atoms with E-state index < -0.39 is 4.92 Å². The maximum absolute atomic E-state index is 11.1. The summed E-state index contributed by atoms with van der Waals surface area (Å²) in [6.45, 7) is 1.62. The number of ether oxygens (including phenoxy) is 2. The lowest BCUT2D eigenvalue weighted by molar-refractivity contribution is -0.386. The standard InChI is InChI=1S/C12H12N4O4/c1-7-4-3-5-8(9(7)16(17)18)20-12-10(19-2)11(13)14-6-15-12/h3-6H,1-2H3,(H2,13,14,15). The normalized spacial score (nSPS) is 10.1. The number of para-hydroxylation sites is 1. The first-order valence-electron chi connectivity index (χ1n) is 5.61. The van der Waals surface area contributed by atoms with E-state index in [-0.39, 0.29) is 28.9 Å². The van der Waals surface area contributed by atoms with Crippen LogP contribution in [0.25, 0.3) is 0 Å². The van der Waals surface area contributed by atoms with Gasteiger partial charge >= 0.3 is 5.69 Å². The second kappa shape index (κ2) is 5.39. The fraction of sp³-hybridized carbons (Fsp3) is 0.167. The highest BCUT2D eigenvalue weighted by atomic mass is 16.6. The minimum absolute atomic E-state index is 0.0219. The van der Waals surface area contributed by atoms with E-state index >= 15 is 0 Å². The second-order valence-electron chi connectivity index (χ2n) is 3.88. The number of nitro benzene ring substituents is 1. The summed E-state index contributed by atoms with van der Waals surface area (Å²) in [5.74, 6) is 0.302. The number of rotatable bonds is 4. The van der Waals surface area contributed by atoms with Crippen molar-refractivity contribution in [3.05, 3.63) is 40.2 Å². The number of nitrogens with two attached hydrogens (primary N) is 1. The third-order valence-electron chi connectivity index (χ3n) is 2.59. The van der Waals surface area contributed by atoms with Crippen LogP contribution in [0.4, 0.5) is 11.5 Å². The third kappa shape index (κ3) is 2.44. The zero-order chi connectivity index (χ0) is 14.7. The van der Waals surface area contributed by atoms with Crippen LogP contribution in [0.15, 0.2) is 24.5 Å². The minimum Gasteiger partial charge on any atom is -0.489 e. The maximum atomic E-state index is 11.1. The monoisotopic (exact) mass is 276 g/mol. The highest BCUT2D eigenvalue weighted by Gasteiger charge is 2.21. The molecule has 0 aliphatic carbocycles. The van der Waals surface area contributed by atoms with Crippen LogP contribution in [0.1, 0.15) is 5.56 Å². The lowest BCUT2D eigenvalue weighted by atomic mass is 10.2. The molecule has 0 saturated carbocycles. The Morgan fingerprint density at radius 3 is 2.75 bits per heavy atom. The van der Waals surface area contributed by atoms with Crippen molar-refractivity contribution in [2.45, 2.75) is 6.92 Å². The molecule has 0 fully saturated rings. The zero-order valence-corrected chi connectivity index (χ0v) is 10.9. The van der Waals surface area contributed by atoms with Crippen LogP contribution in [0, 0.1) is 17.0 Å². The van der Waals surface area contributed by atoms with Gasteiger partial charge in [-0.05, 0) is 13.0 Å². The van der Waals surface area contributed by atoms with Crippen molar-refractivity contribution in [2.75, 3.05) is 12.8 Å². The van der Waals surface area contributed by atoms with E-state index in [4.69, 9.17) is 15.2 Å². The highest BCUT2D eigenvalue weighted by Crippen LogP contribution is 2.37. The van der Waals surface area contributed by atoms with Gasteiger partial charge in [-0.15, -0.1) is 0 Å². The summed E-state index contributed by atoms with van der Waals surface area (Å²) in [4.78, 5) is 18.2. The van der Waals surface area contributed by atoms with Crippen molar-refractivity contribution in [1.82, 2.24) is 9.97 Å². The van der Waals surface area contributed by atoms with E-state index in [2.05, 4.69) is 9.97 Å². The van der Waals surface area contributed by atoms with Crippen LogP contribution in [0.5, 0.6) is 17.4 Å². The molecular weight excluding hydrogens is 264 g/mol. The second-order valence-corrected chi connectivity index (χ2v) is 3.88. The Kier molecular flexibility index (Phi) is 3.65. The molecule has 0 saturated heterocycles. The number of hydrogen-bond acceptors (Lipinski definition) is 7. The number of aromatic nitrogens is 2. The van der Waals surface area contributed by atoms with Gasteiger partial charge in [-0.1, -0.05) is 12.1 Å². The van der Waals surface area contributed by atoms with Gasteiger partial charge in [0.05, 0.1) is 12.0 Å². The van der Waals surface area contributed by atoms with Gasteiger partial charge in [-0.3, -0.25) is 10.1 Å². The van der Waals surface area contributed by atoms with Crippen molar-refractivity contribution in [2.24, 2.45) is 0 Å². The number of hydrogen-bond donors (Lipinski definition) is 1. The van der Waals surface area contributed by atoms with Gasteiger partial charge in [0.15, 0.2) is 5.82 Å². The van der Waals surface area contributed by atoms with Crippen molar-refractivity contribution < 1.29 is 14.4 Å². The molecule has 0 atom stereocenters. The van der Waals surface area contributed by atoms with Gasteiger partial charge < -0.3 is 15.2 Å². The molecule has 2 rings (SSSR count). The smallest absolute Gasteiger partial charge is 0.314 e. The van der Waals surface area contributed by atoms with Crippen molar-refractivity contribution in [3.8, 4) is 17.4 Å². The van der Waals surface area contributed by atoms with E-state index in [1.165, 1.54) is 19.5 Å². The summed E-state index contributed by atoms with van der Waals surface area (Å²) in [5, 5.41) is 11.1. The number of benzene rings is 1. The molecular formula is C12H12N4O4. The van der Waals surface area contributed by atoms with Crippen LogP contribution < -0.4 is 15.2 Å².